The van der Waals surface area contributed by atoms with E-state index in [2.05, 4.69) is 14.7 Å². The Bertz CT molecular complexity index is 697. The highest BCUT2D eigenvalue weighted by Crippen LogP contribution is 2.31. The number of rotatable bonds is 4. The standard InChI is InChI=1S/C16H18F3N3OS/c1-15(2,3)24(23)22-13(14-20-9-4-10-21-14)11-5-7-12(8-6-11)16(17,18)19/h4-10,13,22H,1-3H3/t13-,24?/m0/s1. The Hall–Kier alpha value is -1.80. The van der Waals surface area contributed by atoms with E-state index in [1.54, 1.807) is 26.8 Å². The zero-order valence-electron chi connectivity index (χ0n) is 13.5. The molecule has 1 unspecified atom stereocenters. The van der Waals surface area contributed by atoms with Crippen molar-refractivity contribution in [2.24, 2.45) is 0 Å². The van der Waals surface area contributed by atoms with Gasteiger partial charge in [0.05, 0.1) is 21.3 Å². The first-order valence-corrected chi connectivity index (χ1v) is 8.36. The van der Waals surface area contributed by atoms with E-state index in [4.69, 9.17) is 0 Å². The van der Waals surface area contributed by atoms with Crippen LogP contribution in [0, 0.1) is 0 Å². The number of hydrogen-bond donors (Lipinski definition) is 1. The third kappa shape index (κ3) is 4.61. The van der Waals surface area contributed by atoms with E-state index in [1.807, 2.05) is 0 Å². The van der Waals surface area contributed by atoms with Crippen molar-refractivity contribution in [3.05, 3.63) is 59.7 Å². The molecule has 2 rings (SSSR count). The van der Waals surface area contributed by atoms with Gasteiger partial charge in [0.2, 0.25) is 0 Å². The first-order valence-electron chi connectivity index (χ1n) is 7.21. The van der Waals surface area contributed by atoms with Gasteiger partial charge >= 0.3 is 6.18 Å². The van der Waals surface area contributed by atoms with E-state index in [0.29, 0.717) is 11.4 Å². The van der Waals surface area contributed by atoms with E-state index in [0.717, 1.165) is 12.1 Å². The summed E-state index contributed by atoms with van der Waals surface area (Å²) in [5, 5.41) is 0. The highest BCUT2D eigenvalue weighted by atomic mass is 32.2. The highest BCUT2D eigenvalue weighted by molar-refractivity contribution is 7.84. The number of nitrogens with zero attached hydrogens (tertiary/aromatic N) is 2. The summed E-state index contributed by atoms with van der Waals surface area (Å²) in [7, 11) is -1.44. The van der Waals surface area contributed by atoms with Gasteiger partial charge in [-0.1, -0.05) is 12.1 Å². The maximum Gasteiger partial charge on any atom is 0.416 e. The molecule has 0 saturated carbocycles. The molecule has 8 heteroatoms. The van der Waals surface area contributed by atoms with Crippen LogP contribution in [0.15, 0.2) is 42.7 Å². The number of alkyl halides is 3. The summed E-state index contributed by atoms with van der Waals surface area (Å²) in [4.78, 5) is 8.26. The van der Waals surface area contributed by atoms with Crippen LogP contribution < -0.4 is 4.72 Å². The van der Waals surface area contributed by atoms with Crippen LogP contribution in [-0.4, -0.2) is 18.9 Å². The summed E-state index contributed by atoms with van der Waals surface area (Å²) in [6.07, 6.45) is -1.35. The molecule has 0 aliphatic rings. The third-order valence-corrected chi connectivity index (χ3v) is 4.76. The monoisotopic (exact) mass is 357 g/mol. The lowest BCUT2D eigenvalue weighted by molar-refractivity contribution is -0.137. The Morgan fingerprint density at radius 2 is 1.58 bits per heavy atom. The molecule has 4 nitrogen and oxygen atoms in total. The van der Waals surface area contributed by atoms with Crippen molar-refractivity contribution in [2.45, 2.75) is 37.7 Å². The maximum atomic E-state index is 12.7. The van der Waals surface area contributed by atoms with Crippen LogP contribution in [0.3, 0.4) is 0 Å². The van der Waals surface area contributed by atoms with Crippen molar-refractivity contribution in [1.82, 2.24) is 14.7 Å². The number of aromatic nitrogens is 2. The van der Waals surface area contributed by atoms with Gasteiger partial charge in [-0.05, 0) is 44.5 Å². The first-order chi connectivity index (χ1) is 11.1. The van der Waals surface area contributed by atoms with Crippen molar-refractivity contribution in [3.63, 3.8) is 0 Å². The molecule has 0 aliphatic heterocycles. The summed E-state index contributed by atoms with van der Waals surface area (Å²) in [5.74, 6) is 0.342. The van der Waals surface area contributed by atoms with Crippen LogP contribution in [0.4, 0.5) is 13.2 Å². The largest absolute Gasteiger partial charge is 0.416 e. The fraction of sp³-hybridized carbons (Fsp3) is 0.375. The van der Waals surface area contributed by atoms with E-state index in [9.17, 15) is 17.4 Å². The lowest BCUT2D eigenvalue weighted by Crippen LogP contribution is -2.36. The zero-order valence-corrected chi connectivity index (χ0v) is 14.3. The quantitative estimate of drug-likeness (QED) is 0.909. The van der Waals surface area contributed by atoms with Gasteiger partial charge in [-0.2, -0.15) is 13.2 Å². The minimum atomic E-state index is -4.40. The minimum absolute atomic E-state index is 0.342. The molecule has 0 aliphatic carbocycles. The molecule has 0 saturated heterocycles. The number of hydrogen-bond acceptors (Lipinski definition) is 3. The van der Waals surface area contributed by atoms with Crippen LogP contribution >= 0.6 is 0 Å². The normalized spacial score (nSPS) is 15.1. The smallest absolute Gasteiger partial charge is 0.242 e. The predicted octanol–water partition coefficient (Wildman–Crippen LogP) is 3.64. The summed E-state index contributed by atoms with van der Waals surface area (Å²) in [6, 6.07) is 5.63. The summed E-state index contributed by atoms with van der Waals surface area (Å²) in [5.41, 5.74) is -0.234. The SMILES string of the molecule is CC(C)(C)S(=O)N[C@@H](c1ccc(C(F)(F)F)cc1)c1ncccn1. The summed E-state index contributed by atoms with van der Waals surface area (Å²) < 4.78 is 52.9. The second kappa shape index (κ2) is 6.98. The minimum Gasteiger partial charge on any atom is -0.242 e. The van der Waals surface area contributed by atoms with Gasteiger partial charge < -0.3 is 0 Å². The topological polar surface area (TPSA) is 54.9 Å². The molecule has 1 aromatic carbocycles. The van der Waals surface area contributed by atoms with Gasteiger partial charge in [-0.25, -0.2) is 18.9 Å². The van der Waals surface area contributed by atoms with Crippen molar-refractivity contribution < 1.29 is 17.4 Å². The third-order valence-electron chi connectivity index (χ3n) is 3.20. The molecule has 2 atom stereocenters. The van der Waals surface area contributed by atoms with Gasteiger partial charge in [-0.3, -0.25) is 0 Å². The molecular weight excluding hydrogens is 339 g/mol. The second-order valence-corrected chi connectivity index (χ2v) is 8.16. The summed E-state index contributed by atoms with van der Waals surface area (Å²) >= 11 is 0. The molecule has 0 bridgehead atoms. The average molecular weight is 357 g/mol. The van der Waals surface area contributed by atoms with Crippen molar-refractivity contribution in [3.8, 4) is 0 Å². The Kier molecular flexibility index (Phi) is 5.39. The maximum absolute atomic E-state index is 12.7. The molecule has 130 valence electrons. The molecule has 1 aromatic heterocycles. The van der Waals surface area contributed by atoms with Crippen LogP contribution in [0.2, 0.25) is 0 Å². The van der Waals surface area contributed by atoms with E-state index >= 15 is 0 Å². The molecular formula is C16H18F3N3OS. The average Bonchev–Trinajstić information content (AvgIpc) is 2.51. The summed E-state index contributed by atoms with van der Waals surface area (Å²) in [6.45, 7) is 5.39. The fourth-order valence-corrected chi connectivity index (χ4v) is 2.69. The lowest BCUT2D eigenvalue weighted by Gasteiger charge is -2.24. The molecule has 24 heavy (non-hydrogen) atoms. The number of halogens is 3. The second-order valence-electron chi connectivity index (χ2n) is 6.16. The van der Waals surface area contributed by atoms with Crippen LogP contribution in [0.5, 0.6) is 0 Å². The Labute approximate surface area is 141 Å². The number of benzene rings is 1. The van der Waals surface area contributed by atoms with Crippen molar-refractivity contribution >= 4 is 11.0 Å². The molecule has 0 amide bonds. The van der Waals surface area contributed by atoms with Gasteiger partial charge in [-0.15, -0.1) is 0 Å². The van der Waals surface area contributed by atoms with E-state index in [-0.39, 0.29) is 0 Å². The zero-order chi connectivity index (χ0) is 18.0. The molecule has 1 heterocycles. The van der Waals surface area contributed by atoms with Crippen LogP contribution in [-0.2, 0) is 17.2 Å². The van der Waals surface area contributed by atoms with E-state index < -0.39 is 33.5 Å². The fourth-order valence-electron chi connectivity index (χ4n) is 1.88. The molecule has 0 fully saturated rings. The molecule has 2 aromatic rings. The van der Waals surface area contributed by atoms with Crippen LogP contribution in [0.1, 0.15) is 43.8 Å². The Morgan fingerprint density at radius 1 is 1.04 bits per heavy atom. The molecule has 1 N–H and O–H groups in total. The van der Waals surface area contributed by atoms with E-state index in [1.165, 1.54) is 24.5 Å². The Balaban J connectivity index is 2.38. The van der Waals surface area contributed by atoms with Gasteiger partial charge in [0.25, 0.3) is 0 Å². The van der Waals surface area contributed by atoms with Crippen molar-refractivity contribution in [2.75, 3.05) is 0 Å². The van der Waals surface area contributed by atoms with Gasteiger partial charge in [0.15, 0.2) is 5.82 Å². The van der Waals surface area contributed by atoms with Crippen molar-refractivity contribution in [1.29, 1.82) is 0 Å². The highest BCUT2D eigenvalue weighted by Gasteiger charge is 2.31. The van der Waals surface area contributed by atoms with Gasteiger partial charge in [0, 0.05) is 12.4 Å². The molecule has 0 spiro atoms. The predicted molar refractivity (Wildman–Crippen MR) is 86.4 cm³/mol. The van der Waals surface area contributed by atoms with Crippen LogP contribution in [0.25, 0.3) is 0 Å². The first kappa shape index (κ1) is 18.5. The Morgan fingerprint density at radius 3 is 2.04 bits per heavy atom. The van der Waals surface area contributed by atoms with Gasteiger partial charge in [0.1, 0.15) is 6.04 Å². The molecule has 0 radical (unpaired) electrons. The number of nitrogens with one attached hydrogen (secondary N) is 1. The lowest BCUT2D eigenvalue weighted by atomic mass is 10.0.